The first-order valence-electron chi connectivity index (χ1n) is 2.42. The number of rotatable bonds is 3. The van der Waals surface area contributed by atoms with Crippen LogP contribution in [0.4, 0.5) is 0 Å². The van der Waals surface area contributed by atoms with Crippen LogP contribution in [0.15, 0.2) is 4.40 Å². The van der Waals surface area contributed by atoms with Crippen LogP contribution in [0.2, 0.25) is 0 Å². The molecular formula is C4H7NO4S. The average Bonchev–Trinajstić information content (AvgIpc) is 1.59. The summed E-state index contributed by atoms with van der Waals surface area (Å²) >= 11 is 0. The molecule has 0 spiro atoms. The van der Waals surface area contributed by atoms with Gasteiger partial charge in [0.1, 0.15) is 0 Å². The molecule has 0 aromatic heterocycles. The topological polar surface area (TPSA) is 83.8 Å². The van der Waals surface area contributed by atoms with Crippen LogP contribution in [0.3, 0.4) is 0 Å². The number of carboxylic acid groups (broad SMARTS) is 1. The number of nitrogens with zero attached hydrogens (tertiary/aromatic N) is 1. The molecule has 10 heavy (non-hydrogen) atoms. The van der Waals surface area contributed by atoms with E-state index in [9.17, 15) is 13.2 Å². The molecule has 0 unspecified atom stereocenters. The van der Waals surface area contributed by atoms with Crippen LogP contribution in [-0.4, -0.2) is 31.5 Å². The second-order valence-corrected chi connectivity index (χ2v) is 3.15. The van der Waals surface area contributed by atoms with Crippen LogP contribution in [0.1, 0.15) is 6.92 Å². The lowest BCUT2D eigenvalue weighted by molar-refractivity contribution is -0.134. The van der Waals surface area contributed by atoms with Gasteiger partial charge >= 0.3 is 5.97 Å². The van der Waals surface area contributed by atoms with Crippen molar-refractivity contribution in [3.05, 3.63) is 0 Å². The fourth-order valence-electron chi connectivity index (χ4n) is 0.354. The van der Waals surface area contributed by atoms with Crippen LogP contribution in [0.5, 0.6) is 0 Å². The van der Waals surface area contributed by atoms with E-state index in [1.165, 1.54) is 6.92 Å². The number of aliphatic carboxylic acids is 1. The molecule has 0 saturated heterocycles. The van der Waals surface area contributed by atoms with Gasteiger partial charge < -0.3 is 5.11 Å². The van der Waals surface area contributed by atoms with E-state index in [1.807, 2.05) is 0 Å². The summed E-state index contributed by atoms with van der Waals surface area (Å²) in [5.74, 6) is -2.34. The number of carboxylic acids is 1. The Balaban J connectivity index is 4.30. The number of hydrogen-bond acceptors (Lipinski definition) is 3. The first-order chi connectivity index (χ1) is 4.48. The predicted octanol–water partition coefficient (Wildman–Crippen LogP) is -0.508. The number of sulfonamides is 1. The molecule has 0 amide bonds. The van der Waals surface area contributed by atoms with E-state index in [0.717, 1.165) is 6.21 Å². The minimum absolute atomic E-state index is 0.947. The van der Waals surface area contributed by atoms with E-state index < -0.39 is 21.7 Å². The van der Waals surface area contributed by atoms with Gasteiger partial charge in [0.15, 0.2) is 5.75 Å². The summed E-state index contributed by atoms with van der Waals surface area (Å²) in [6, 6.07) is 0. The zero-order valence-corrected chi connectivity index (χ0v) is 6.13. The van der Waals surface area contributed by atoms with Crippen LogP contribution < -0.4 is 0 Å². The van der Waals surface area contributed by atoms with Crippen LogP contribution in [-0.2, 0) is 14.8 Å². The minimum atomic E-state index is -3.76. The normalized spacial score (nSPS) is 12.1. The van der Waals surface area contributed by atoms with Gasteiger partial charge in [0.25, 0.3) is 10.0 Å². The van der Waals surface area contributed by atoms with Gasteiger partial charge in [0.2, 0.25) is 0 Å². The molecule has 58 valence electrons. The molecule has 0 aliphatic carbocycles. The van der Waals surface area contributed by atoms with Gasteiger partial charge in [0, 0.05) is 6.21 Å². The molecule has 6 heteroatoms. The predicted molar refractivity (Wildman–Crippen MR) is 35.6 cm³/mol. The van der Waals surface area contributed by atoms with Gasteiger partial charge in [-0.1, -0.05) is 0 Å². The van der Waals surface area contributed by atoms with Crippen molar-refractivity contribution >= 4 is 22.2 Å². The maximum absolute atomic E-state index is 10.5. The van der Waals surface area contributed by atoms with E-state index in [1.54, 1.807) is 0 Å². The monoisotopic (exact) mass is 165 g/mol. The van der Waals surface area contributed by atoms with Crippen LogP contribution in [0, 0.1) is 0 Å². The van der Waals surface area contributed by atoms with Gasteiger partial charge in [-0.15, -0.1) is 0 Å². The molecule has 0 atom stereocenters. The third-order valence-electron chi connectivity index (χ3n) is 0.572. The van der Waals surface area contributed by atoms with E-state index in [-0.39, 0.29) is 0 Å². The molecule has 0 fully saturated rings. The lowest BCUT2D eigenvalue weighted by Crippen LogP contribution is -2.12. The van der Waals surface area contributed by atoms with Crippen molar-refractivity contribution in [1.29, 1.82) is 0 Å². The van der Waals surface area contributed by atoms with Crippen molar-refractivity contribution in [2.24, 2.45) is 4.40 Å². The van der Waals surface area contributed by atoms with Gasteiger partial charge in [0.05, 0.1) is 0 Å². The first kappa shape index (κ1) is 9.09. The summed E-state index contributed by atoms with van der Waals surface area (Å²) in [6.45, 7) is 1.40. The second-order valence-electron chi connectivity index (χ2n) is 1.48. The Kier molecular flexibility index (Phi) is 3.01. The van der Waals surface area contributed by atoms with E-state index >= 15 is 0 Å². The van der Waals surface area contributed by atoms with Crippen molar-refractivity contribution in [1.82, 2.24) is 0 Å². The standard InChI is InChI=1S/C4H7NO4S/c1-2-5-10(8,9)3-4(6)7/h2H,3H2,1H3,(H,6,7). The van der Waals surface area contributed by atoms with Crippen LogP contribution in [0.25, 0.3) is 0 Å². The first-order valence-corrected chi connectivity index (χ1v) is 4.03. The van der Waals surface area contributed by atoms with E-state index in [4.69, 9.17) is 5.11 Å². The number of hydrogen-bond donors (Lipinski definition) is 1. The summed E-state index contributed by atoms with van der Waals surface area (Å²) in [5.41, 5.74) is 0. The Morgan fingerprint density at radius 2 is 2.20 bits per heavy atom. The molecule has 5 nitrogen and oxygen atoms in total. The maximum Gasteiger partial charge on any atom is 0.320 e. The van der Waals surface area contributed by atoms with Gasteiger partial charge in [-0.05, 0) is 6.92 Å². The third-order valence-corrected chi connectivity index (χ3v) is 1.72. The molecule has 0 heterocycles. The lowest BCUT2D eigenvalue weighted by Gasteiger charge is -1.89. The van der Waals surface area contributed by atoms with Crippen molar-refractivity contribution in [3.8, 4) is 0 Å². The zero-order valence-electron chi connectivity index (χ0n) is 5.31. The molecule has 0 radical (unpaired) electrons. The molecule has 0 saturated carbocycles. The summed E-state index contributed by atoms with van der Waals surface area (Å²) in [7, 11) is -3.76. The Morgan fingerprint density at radius 1 is 1.70 bits per heavy atom. The Hall–Kier alpha value is -0.910. The molecule has 0 aliphatic rings. The smallest absolute Gasteiger partial charge is 0.320 e. The average molecular weight is 165 g/mol. The highest BCUT2D eigenvalue weighted by Crippen LogP contribution is 1.89. The summed E-state index contributed by atoms with van der Waals surface area (Å²) < 4.78 is 23.9. The second kappa shape index (κ2) is 3.31. The van der Waals surface area contributed by atoms with Crippen molar-refractivity contribution < 1.29 is 18.3 Å². The fourth-order valence-corrected chi connectivity index (χ4v) is 1.06. The Bertz CT molecular complexity index is 240. The molecule has 0 aromatic rings. The quantitative estimate of drug-likeness (QED) is 0.571. The Labute approximate surface area is 58.4 Å². The van der Waals surface area contributed by atoms with Gasteiger partial charge in [-0.2, -0.15) is 4.40 Å². The number of carbonyl (C=O) groups is 1. The molecular weight excluding hydrogens is 158 g/mol. The highest BCUT2D eigenvalue weighted by atomic mass is 32.2. The SMILES string of the molecule is CC=NS(=O)(=O)CC(=O)O. The molecule has 1 N–H and O–H groups in total. The molecule has 0 rings (SSSR count). The van der Waals surface area contributed by atoms with Gasteiger partial charge in [-0.25, -0.2) is 8.42 Å². The lowest BCUT2D eigenvalue weighted by atomic mass is 10.8. The largest absolute Gasteiger partial charge is 0.480 e. The van der Waals surface area contributed by atoms with Crippen LogP contribution >= 0.6 is 0 Å². The van der Waals surface area contributed by atoms with Crippen molar-refractivity contribution in [2.75, 3.05) is 5.75 Å². The van der Waals surface area contributed by atoms with E-state index in [0.29, 0.717) is 0 Å². The van der Waals surface area contributed by atoms with Crippen molar-refractivity contribution in [2.45, 2.75) is 6.92 Å². The zero-order chi connectivity index (χ0) is 8.20. The summed E-state index contributed by atoms with van der Waals surface area (Å²) in [4.78, 5) is 9.84. The molecule has 0 bridgehead atoms. The maximum atomic E-state index is 10.5. The summed E-state index contributed by atoms with van der Waals surface area (Å²) in [6.07, 6.45) is 1.04. The minimum Gasteiger partial charge on any atom is -0.480 e. The Morgan fingerprint density at radius 3 is 2.50 bits per heavy atom. The van der Waals surface area contributed by atoms with Crippen molar-refractivity contribution in [3.63, 3.8) is 0 Å². The molecule has 0 aromatic carbocycles. The third kappa shape index (κ3) is 4.02. The van der Waals surface area contributed by atoms with E-state index in [2.05, 4.69) is 4.40 Å². The highest BCUT2D eigenvalue weighted by molar-refractivity contribution is 7.90. The summed E-state index contributed by atoms with van der Waals surface area (Å²) in [5, 5.41) is 8.02. The molecule has 0 aliphatic heterocycles. The van der Waals surface area contributed by atoms with Gasteiger partial charge in [-0.3, -0.25) is 4.79 Å². The fraction of sp³-hybridized carbons (Fsp3) is 0.500. The highest BCUT2D eigenvalue weighted by Gasteiger charge is 2.11.